The monoisotopic (exact) mass is 442 g/mol. The second-order valence-electron chi connectivity index (χ2n) is 7.68. The van der Waals surface area contributed by atoms with Crippen LogP contribution in [0.2, 0.25) is 5.02 Å². The van der Waals surface area contributed by atoms with E-state index in [1.54, 1.807) is 50.0 Å². The number of esters is 1. The SMILES string of the molecule is CCOC(=O)c1nn(C(C)C)cc1C(Nc1cc(C)c(=O)n(C)c1)c1ccc(Cl)cc1. The summed E-state index contributed by atoms with van der Waals surface area (Å²) < 4.78 is 8.54. The first-order valence-electron chi connectivity index (χ1n) is 10.2. The van der Waals surface area contributed by atoms with E-state index in [1.807, 2.05) is 32.2 Å². The van der Waals surface area contributed by atoms with E-state index in [1.165, 1.54) is 4.57 Å². The lowest BCUT2D eigenvalue weighted by molar-refractivity contribution is 0.0517. The Morgan fingerprint density at radius 1 is 1.23 bits per heavy atom. The number of anilines is 1. The minimum absolute atomic E-state index is 0.0616. The van der Waals surface area contributed by atoms with E-state index in [0.717, 1.165) is 11.3 Å². The molecule has 0 saturated carbocycles. The number of nitrogens with zero attached hydrogens (tertiary/aromatic N) is 3. The fraction of sp³-hybridized carbons (Fsp3) is 0.348. The van der Waals surface area contributed by atoms with Crippen LogP contribution in [0.4, 0.5) is 5.69 Å². The molecular formula is C23H27ClN4O3. The molecule has 164 valence electrons. The van der Waals surface area contributed by atoms with Crippen LogP contribution in [0.15, 0.2) is 47.5 Å². The fourth-order valence-electron chi connectivity index (χ4n) is 3.36. The molecule has 0 spiro atoms. The molecule has 0 bridgehead atoms. The first-order valence-corrected chi connectivity index (χ1v) is 10.5. The molecule has 2 aromatic heterocycles. The molecule has 2 heterocycles. The van der Waals surface area contributed by atoms with Crippen molar-refractivity contribution in [3.8, 4) is 0 Å². The molecule has 0 aliphatic heterocycles. The Morgan fingerprint density at radius 3 is 2.48 bits per heavy atom. The summed E-state index contributed by atoms with van der Waals surface area (Å²) in [4.78, 5) is 24.8. The molecule has 0 aliphatic rings. The van der Waals surface area contributed by atoms with Crippen LogP contribution in [0, 0.1) is 6.92 Å². The second-order valence-corrected chi connectivity index (χ2v) is 8.12. The third-order valence-electron chi connectivity index (χ3n) is 4.95. The van der Waals surface area contributed by atoms with Crippen LogP contribution < -0.4 is 10.9 Å². The number of pyridine rings is 1. The number of rotatable bonds is 7. The lowest BCUT2D eigenvalue weighted by atomic mass is 9.98. The minimum Gasteiger partial charge on any atom is -0.461 e. The quantitative estimate of drug-likeness (QED) is 0.545. The highest BCUT2D eigenvalue weighted by Gasteiger charge is 2.27. The molecule has 1 atom stereocenters. The number of nitrogens with one attached hydrogen (secondary N) is 1. The summed E-state index contributed by atoms with van der Waals surface area (Å²) in [5.74, 6) is -0.477. The summed E-state index contributed by atoms with van der Waals surface area (Å²) in [7, 11) is 1.71. The van der Waals surface area contributed by atoms with Gasteiger partial charge in [-0.05, 0) is 51.5 Å². The molecule has 0 fully saturated rings. The molecule has 8 heteroatoms. The average Bonchev–Trinajstić information content (AvgIpc) is 3.17. The summed E-state index contributed by atoms with van der Waals surface area (Å²) in [5.41, 5.74) is 3.13. The van der Waals surface area contributed by atoms with Crippen LogP contribution in [-0.2, 0) is 11.8 Å². The van der Waals surface area contributed by atoms with E-state index in [0.29, 0.717) is 16.1 Å². The van der Waals surface area contributed by atoms with Crippen molar-refractivity contribution in [3.63, 3.8) is 0 Å². The summed E-state index contributed by atoms with van der Waals surface area (Å²) in [6.45, 7) is 7.77. The number of carbonyl (C=O) groups is 1. The standard InChI is InChI=1S/C23H27ClN4O3/c1-6-31-23(30)21-19(13-28(26-21)14(2)3)20(16-7-9-17(24)10-8-16)25-18-11-15(4)22(29)27(5)12-18/h7-14,20,25H,6H2,1-5H3. The van der Waals surface area contributed by atoms with Gasteiger partial charge in [-0.2, -0.15) is 5.10 Å². The van der Waals surface area contributed by atoms with Crippen LogP contribution in [-0.4, -0.2) is 26.9 Å². The molecule has 0 aliphatic carbocycles. The van der Waals surface area contributed by atoms with Crippen molar-refractivity contribution in [3.05, 3.63) is 80.5 Å². The normalized spacial score (nSPS) is 12.1. The van der Waals surface area contributed by atoms with Crippen molar-refractivity contribution in [2.75, 3.05) is 11.9 Å². The van der Waals surface area contributed by atoms with Gasteiger partial charge < -0.3 is 14.6 Å². The van der Waals surface area contributed by atoms with Crippen LogP contribution in [0.25, 0.3) is 0 Å². The highest BCUT2D eigenvalue weighted by Crippen LogP contribution is 2.31. The van der Waals surface area contributed by atoms with Gasteiger partial charge in [-0.25, -0.2) is 4.79 Å². The minimum atomic E-state index is -0.477. The molecule has 31 heavy (non-hydrogen) atoms. The fourth-order valence-corrected chi connectivity index (χ4v) is 3.48. The predicted molar refractivity (Wildman–Crippen MR) is 122 cm³/mol. The largest absolute Gasteiger partial charge is 0.461 e. The Bertz CT molecular complexity index is 1110. The Morgan fingerprint density at radius 2 is 1.90 bits per heavy atom. The van der Waals surface area contributed by atoms with Crippen molar-refractivity contribution >= 4 is 23.3 Å². The lowest BCUT2D eigenvalue weighted by Crippen LogP contribution is -2.21. The molecule has 7 nitrogen and oxygen atoms in total. The van der Waals surface area contributed by atoms with E-state index in [-0.39, 0.29) is 23.9 Å². The number of aryl methyl sites for hydroxylation is 2. The number of halogens is 1. The molecular weight excluding hydrogens is 416 g/mol. The van der Waals surface area contributed by atoms with Gasteiger partial charge in [-0.1, -0.05) is 23.7 Å². The van der Waals surface area contributed by atoms with Crippen LogP contribution >= 0.6 is 11.6 Å². The summed E-state index contributed by atoms with van der Waals surface area (Å²) in [6, 6.07) is 8.84. The van der Waals surface area contributed by atoms with Gasteiger partial charge in [0.1, 0.15) is 0 Å². The maximum atomic E-state index is 12.7. The first kappa shape index (κ1) is 22.6. The van der Waals surface area contributed by atoms with Gasteiger partial charge in [0.05, 0.1) is 18.3 Å². The van der Waals surface area contributed by atoms with Crippen LogP contribution in [0.5, 0.6) is 0 Å². The third-order valence-corrected chi connectivity index (χ3v) is 5.20. The number of hydrogen-bond donors (Lipinski definition) is 1. The van der Waals surface area contributed by atoms with Gasteiger partial charge in [0, 0.05) is 41.6 Å². The van der Waals surface area contributed by atoms with Gasteiger partial charge in [0.25, 0.3) is 5.56 Å². The van der Waals surface area contributed by atoms with E-state index in [2.05, 4.69) is 10.4 Å². The Labute approximate surface area is 186 Å². The molecule has 1 unspecified atom stereocenters. The number of carbonyl (C=O) groups excluding carboxylic acids is 1. The Hall–Kier alpha value is -3.06. The van der Waals surface area contributed by atoms with Crippen molar-refractivity contribution < 1.29 is 9.53 Å². The molecule has 0 saturated heterocycles. The van der Waals surface area contributed by atoms with E-state index < -0.39 is 12.0 Å². The third kappa shape index (κ3) is 4.99. The van der Waals surface area contributed by atoms with E-state index >= 15 is 0 Å². The van der Waals surface area contributed by atoms with Crippen molar-refractivity contribution in [2.45, 2.75) is 39.8 Å². The van der Waals surface area contributed by atoms with Gasteiger partial charge in [-0.3, -0.25) is 9.48 Å². The van der Waals surface area contributed by atoms with Crippen LogP contribution in [0.3, 0.4) is 0 Å². The van der Waals surface area contributed by atoms with Crippen molar-refractivity contribution in [2.24, 2.45) is 7.05 Å². The predicted octanol–water partition coefficient (Wildman–Crippen LogP) is 4.50. The zero-order valence-electron chi connectivity index (χ0n) is 18.3. The van der Waals surface area contributed by atoms with E-state index in [9.17, 15) is 9.59 Å². The number of ether oxygens (including phenoxy) is 1. The van der Waals surface area contributed by atoms with Crippen molar-refractivity contribution in [1.29, 1.82) is 0 Å². The van der Waals surface area contributed by atoms with Crippen molar-refractivity contribution in [1.82, 2.24) is 14.3 Å². The highest BCUT2D eigenvalue weighted by atomic mass is 35.5. The van der Waals surface area contributed by atoms with Gasteiger partial charge >= 0.3 is 5.97 Å². The second kappa shape index (κ2) is 9.39. The molecule has 3 rings (SSSR count). The molecule has 0 amide bonds. The van der Waals surface area contributed by atoms with E-state index in [4.69, 9.17) is 16.3 Å². The van der Waals surface area contributed by atoms with Gasteiger partial charge in [0.2, 0.25) is 0 Å². The molecule has 0 radical (unpaired) electrons. The molecule has 1 N–H and O–H groups in total. The maximum absolute atomic E-state index is 12.7. The zero-order valence-corrected chi connectivity index (χ0v) is 19.1. The van der Waals surface area contributed by atoms with Gasteiger partial charge in [-0.15, -0.1) is 0 Å². The smallest absolute Gasteiger partial charge is 0.359 e. The van der Waals surface area contributed by atoms with Gasteiger partial charge in [0.15, 0.2) is 5.69 Å². The zero-order chi connectivity index (χ0) is 22.7. The Balaban J connectivity index is 2.16. The average molecular weight is 443 g/mol. The highest BCUT2D eigenvalue weighted by molar-refractivity contribution is 6.30. The number of benzene rings is 1. The summed E-state index contributed by atoms with van der Waals surface area (Å²) in [5, 5.41) is 8.58. The number of aromatic nitrogens is 3. The molecule has 1 aromatic carbocycles. The summed E-state index contributed by atoms with van der Waals surface area (Å²) in [6.07, 6.45) is 3.59. The molecule has 3 aromatic rings. The summed E-state index contributed by atoms with van der Waals surface area (Å²) >= 11 is 6.10. The topological polar surface area (TPSA) is 78.2 Å². The maximum Gasteiger partial charge on any atom is 0.359 e. The lowest BCUT2D eigenvalue weighted by Gasteiger charge is -2.21. The van der Waals surface area contributed by atoms with Crippen LogP contribution in [0.1, 0.15) is 60.0 Å². The number of hydrogen-bond acceptors (Lipinski definition) is 5. The Kier molecular flexibility index (Phi) is 6.85. The first-order chi connectivity index (χ1) is 14.7.